The molecule has 2 rings (SSSR count). The van der Waals surface area contributed by atoms with E-state index in [-0.39, 0.29) is 12.1 Å². The van der Waals surface area contributed by atoms with E-state index < -0.39 is 5.60 Å². The predicted molar refractivity (Wildman–Crippen MR) is 77.8 cm³/mol. The van der Waals surface area contributed by atoms with Gasteiger partial charge in [-0.3, -0.25) is 4.68 Å². The minimum absolute atomic E-state index is 0.119. The minimum atomic E-state index is -0.448. The molecule has 0 unspecified atom stereocenters. The topological polar surface area (TPSA) is 50.6 Å². The Balaban J connectivity index is 1.99. The second-order valence-electron chi connectivity index (χ2n) is 6.28. The van der Waals surface area contributed by atoms with Gasteiger partial charge >= 0.3 is 6.09 Å². The van der Waals surface area contributed by atoms with Crippen LogP contribution in [0.5, 0.6) is 0 Å². The molecule has 1 fully saturated rings. The lowest BCUT2D eigenvalue weighted by molar-refractivity contribution is 0.0158. The van der Waals surface area contributed by atoms with E-state index in [4.69, 9.17) is 4.74 Å². The van der Waals surface area contributed by atoms with Gasteiger partial charge in [0, 0.05) is 38.8 Å². The number of hydrogen-bond acceptors (Lipinski definition) is 4. The lowest BCUT2D eigenvalue weighted by atomic mass is 10.2. The van der Waals surface area contributed by atoms with Crippen LogP contribution in [-0.2, 0) is 11.8 Å². The van der Waals surface area contributed by atoms with Gasteiger partial charge < -0.3 is 14.5 Å². The highest BCUT2D eigenvalue weighted by Crippen LogP contribution is 2.20. The number of aryl methyl sites for hydroxylation is 1. The Hall–Kier alpha value is -1.72. The van der Waals surface area contributed by atoms with Crippen LogP contribution in [0, 0.1) is 0 Å². The Morgan fingerprint density at radius 2 is 2.10 bits per heavy atom. The fourth-order valence-corrected chi connectivity index (χ4v) is 2.43. The average molecular weight is 280 g/mol. The summed E-state index contributed by atoms with van der Waals surface area (Å²) in [4.78, 5) is 16.2. The molecule has 1 aliphatic rings. The van der Waals surface area contributed by atoms with Crippen molar-refractivity contribution in [1.82, 2.24) is 14.7 Å². The number of ether oxygens (including phenoxy) is 1. The molecule has 1 atom stereocenters. The predicted octanol–water partition coefficient (Wildman–Crippen LogP) is 1.87. The molecule has 6 nitrogen and oxygen atoms in total. The van der Waals surface area contributed by atoms with Crippen molar-refractivity contribution in [2.45, 2.75) is 39.3 Å². The number of piperazine rings is 1. The zero-order valence-electron chi connectivity index (χ0n) is 13.0. The number of anilines is 1. The summed E-state index contributed by atoms with van der Waals surface area (Å²) in [7, 11) is 1.93. The van der Waals surface area contributed by atoms with Crippen LogP contribution in [0.3, 0.4) is 0 Å². The molecule has 0 aliphatic carbocycles. The van der Waals surface area contributed by atoms with Crippen LogP contribution in [0.25, 0.3) is 0 Å². The largest absolute Gasteiger partial charge is 0.444 e. The summed E-state index contributed by atoms with van der Waals surface area (Å²) < 4.78 is 7.31. The van der Waals surface area contributed by atoms with E-state index >= 15 is 0 Å². The van der Waals surface area contributed by atoms with Crippen molar-refractivity contribution >= 4 is 11.9 Å². The maximum Gasteiger partial charge on any atom is 0.410 e. The minimum Gasteiger partial charge on any atom is -0.444 e. The number of nitrogens with zero attached hydrogens (tertiary/aromatic N) is 4. The second-order valence-corrected chi connectivity index (χ2v) is 6.28. The molecular weight excluding hydrogens is 256 g/mol. The highest BCUT2D eigenvalue weighted by Gasteiger charge is 2.31. The number of rotatable bonds is 1. The zero-order chi connectivity index (χ0) is 14.9. The van der Waals surface area contributed by atoms with Crippen molar-refractivity contribution < 1.29 is 9.53 Å². The van der Waals surface area contributed by atoms with Gasteiger partial charge in [0.05, 0.1) is 6.20 Å². The molecule has 0 aromatic carbocycles. The number of carbonyl (C=O) groups is 1. The van der Waals surface area contributed by atoms with Crippen LogP contribution in [0.2, 0.25) is 0 Å². The maximum absolute atomic E-state index is 12.2. The van der Waals surface area contributed by atoms with Crippen molar-refractivity contribution in [3.63, 3.8) is 0 Å². The molecule has 0 N–H and O–H groups in total. The Morgan fingerprint density at radius 3 is 2.60 bits per heavy atom. The van der Waals surface area contributed by atoms with E-state index in [0.717, 1.165) is 18.9 Å². The van der Waals surface area contributed by atoms with Crippen LogP contribution in [-0.4, -0.2) is 52.1 Å². The second kappa shape index (κ2) is 5.34. The SMILES string of the molecule is C[C@H]1CN(c2ccnn2C)CCN1C(=O)OC(C)(C)C. The van der Waals surface area contributed by atoms with E-state index in [1.807, 2.05) is 45.5 Å². The molecule has 1 aromatic rings. The van der Waals surface area contributed by atoms with Crippen molar-refractivity contribution in [3.8, 4) is 0 Å². The van der Waals surface area contributed by atoms with E-state index in [1.54, 1.807) is 11.1 Å². The highest BCUT2D eigenvalue weighted by atomic mass is 16.6. The molecule has 1 saturated heterocycles. The lowest BCUT2D eigenvalue weighted by Gasteiger charge is -2.40. The normalized spacial score (nSPS) is 20.1. The molecule has 20 heavy (non-hydrogen) atoms. The summed E-state index contributed by atoms with van der Waals surface area (Å²) in [5.41, 5.74) is -0.448. The standard InChI is InChI=1S/C14H24N4O2/c1-11-10-17(12-6-7-15-16(12)5)8-9-18(11)13(19)20-14(2,3)4/h6-7,11H,8-10H2,1-5H3/t11-/m0/s1. The monoisotopic (exact) mass is 280 g/mol. The number of carbonyl (C=O) groups excluding carboxylic acids is 1. The first kappa shape index (κ1) is 14.7. The third kappa shape index (κ3) is 3.23. The summed E-state index contributed by atoms with van der Waals surface area (Å²) in [6, 6.07) is 2.11. The van der Waals surface area contributed by atoms with Gasteiger partial charge in [0.2, 0.25) is 0 Å². The fourth-order valence-electron chi connectivity index (χ4n) is 2.43. The van der Waals surface area contributed by atoms with Gasteiger partial charge in [-0.05, 0) is 27.7 Å². The molecule has 0 radical (unpaired) electrons. The molecule has 112 valence electrons. The first-order chi connectivity index (χ1) is 9.28. The summed E-state index contributed by atoms with van der Waals surface area (Å²) in [5.74, 6) is 1.08. The van der Waals surface area contributed by atoms with Gasteiger partial charge in [-0.1, -0.05) is 0 Å². The Morgan fingerprint density at radius 1 is 1.40 bits per heavy atom. The van der Waals surface area contributed by atoms with Crippen molar-refractivity contribution in [1.29, 1.82) is 0 Å². The van der Waals surface area contributed by atoms with Gasteiger partial charge in [0.25, 0.3) is 0 Å². The number of amides is 1. The lowest BCUT2D eigenvalue weighted by Crippen LogP contribution is -2.55. The van der Waals surface area contributed by atoms with Crippen LogP contribution in [0.1, 0.15) is 27.7 Å². The summed E-state index contributed by atoms with van der Waals surface area (Å²) in [5, 5.41) is 4.19. The first-order valence-corrected chi connectivity index (χ1v) is 7.00. The fraction of sp³-hybridized carbons (Fsp3) is 0.714. The van der Waals surface area contributed by atoms with Crippen LogP contribution >= 0.6 is 0 Å². The molecule has 0 bridgehead atoms. The average Bonchev–Trinajstić information content (AvgIpc) is 2.72. The van der Waals surface area contributed by atoms with E-state index in [2.05, 4.69) is 10.00 Å². The van der Waals surface area contributed by atoms with Crippen LogP contribution < -0.4 is 4.90 Å². The zero-order valence-corrected chi connectivity index (χ0v) is 13.0. The number of hydrogen-bond donors (Lipinski definition) is 0. The third-order valence-electron chi connectivity index (χ3n) is 3.37. The smallest absolute Gasteiger partial charge is 0.410 e. The van der Waals surface area contributed by atoms with Gasteiger partial charge in [0.15, 0.2) is 0 Å². The summed E-state index contributed by atoms with van der Waals surface area (Å²) in [6.45, 7) is 9.97. The quantitative estimate of drug-likeness (QED) is 0.788. The third-order valence-corrected chi connectivity index (χ3v) is 3.37. The van der Waals surface area contributed by atoms with E-state index in [0.29, 0.717) is 6.54 Å². The molecule has 1 amide bonds. The molecule has 0 saturated carbocycles. The summed E-state index contributed by atoms with van der Waals surface area (Å²) >= 11 is 0. The Labute approximate surface area is 120 Å². The van der Waals surface area contributed by atoms with Crippen LogP contribution in [0.4, 0.5) is 10.6 Å². The van der Waals surface area contributed by atoms with Gasteiger partial charge in [-0.2, -0.15) is 5.10 Å². The Kier molecular flexibility index (Phi) is 3.92. The molecule has 0 spiro atoms. The maximum atomic E-state index is 12.2. The van der Waals surface area contributed by atoms with Crippen LogP contribution in [0.15, 0.2) is 12.3 Å². The Bertz CT molecular complexity index is 478. The molecule has 6 heteroatoms. The molecule has 1 aromatic heterocycles. The molecule has 1 aliphatic heterocycles. The number of aromatic nitrogens is 2. The van der Waals surface area contributed by atoms with Crippen molar-refractivity contribution in [3.05, 3.63) is 12.3 Å². The molecule has 2 heterocycles. The van der Waals surface area contributed by atoms with E-state index in [9.17, 15) is 4.79 Å². The van der Waals surface area contributed by atoms with Gasteiger partial charge in [-0.15, -0.1) is 0 Å². The van der Waals surface area contributed by atoms with Crippen molar-refractivity contribution in [2.75, 3.05) is 24.5 Å². The van der Waals surface area contributed by atoms with Gasteiger partial charge in [0.1, 0.15) is 11.4 Å². The molecular formula is C14H24N4O2. The summed E-state index contributed by atoms with van der Waals surface area (Å²) in [6.07, 6.45) is 1.56. The van der Waals surface area contributed by atoms with Crippen molar-refractivity contribution in [2.24, 2.45) is 7.05 Å². The first-order valence-electron chi connectivity index (χ1n) is 7.00. The van der Waals surface area contributed by atoms with E-state index in [1.165, 1.54) is 0 Å². The van der Waals surface area contributed by atoms with Gasteiger partial charge in [-0.25, -0.2) is 4.79 Å². The highest BCUT2D eigenvalue weighted by molar-refractivity contribution is 5.69.